The summed E-state index contributed by atoms with van der Waals surface area (Å²) < 4.78 is 5.69. The molecule has 170 valence electrons. The minimum Gasteiger partial charge on any atom is -0.490 e. The van der Waals surface area contributed by atoms with Crippen LogP contribution in [0.1, 0.15) is 15.9 Å². The van der Waals surface area contributed by atoms with Gasteiger partial charge in [0.1, 0.15) is 18.2 Å². The lowest BCUT2D eigenvalue weighted by Gasteiger charge is -2.12. The summed E-state index contributed by atoms with van der Waals surface area (Å²) in [4.78, 5) is 29.4. The Hall–Kier alpha value is -3.84. The molecule has 3 N–H and O–H groups in total. The molecule has 0 spiro atoms. The average Bonchev–Trinajstić information content (AvgIpc) is 2.81. The normalized spacial score (nSPS) is 10.8. The number of carbonyl (C=O) groups excluding carboxylic acids is 2. The fourth-order valence-electron chi connectivity index (χ4n) is 2.94. The number of nitrogen functional groups attached to an aromatic ring is 1. The van der Waals surface area contributed by atoms with Gasteiger partial charge < -0.3 is 20.7 Å². The van der Waals surface area contributed by atoms with Crippen LogP contribution in [0, 0.1) is 0 Å². The van der Waals surface area contributed by atoms with E-state index in [9.17, 15) is 9.59 Å². The van der Waals surface area contributed by atoms with E-state index in [1.807, 2.05) is 24.3 Å². The highest BCUT2D eigenvalue weighted by Crippen LogP contribution is 2.30. The minimum absolute atomic E-state index is 0.0480. The number of aromatic nitrogens is 1. The van der Waals surface area contributed by atoms with Gasteiger partial charge in [0.15, 0.2) is 0 Å². The Morgan fingerprint density at radius 3 is 2.45 bits per heavy atom. The lowest BCUT2D eigenvalue weighted by atomic mass is 10.0. The summed E-state index contributed by atoms with van der Waals surface area (Å²) in [6, 6.07) is 16.3. The third kappa shape index (κ3) is 6.82. The molecule has 1 heterocycles. The van der Waals surface area contributed by atoms with E-state index < -0.39 is 0 Å². The molecule has 0 aliphatic carbocycles. The van der Waals surface area contributed by atoms with Gasteiger partial charge in [-0.1, -0.05) is 29.8 Å². The second-order valence-electron chi connectivity index (χ2n) is 7.41. The second kappa shape index (κ2) is 11.2. The number of nitrogens with zero attached hydrogens (tertiary/aromatic N) is 2. The fraction of sp³-hybridized carbons (Fsp3) is 0.160. The molecule has 8 heteroatoms. The van der Waals surface area contributed by atoms with Crippen molar-refractivity contribution in [3.63, 3.8) is 0 Å². The number of hydrogen-bond acceptors (Lipinski definition) is 5. The van der Waals surface area contributed by atoms with Crippen LogP contribution >= 0.6 is 11.6 Å². The van der Waals surface area contributed by atoms with Crippen molar-refractivity contribution in [2.75, 3.05) is 33.0 Å². The molecule has 0 unspecified atom stereocenters. The van der Waals surface area contributed by atoms with Crippen LogP contribution in [0.15, 0.2) is 66.9 Å². The molecule has 2 aromatic carbocycles. The Labute approximate surface area is 197 Å². The molecular weight excluding hydrogens is 440 g/mol. The maximum Gasteiger partial charge on any atom is 0.253 e. The van der Waals surface area contributed by atoms with E-state index in [0.29, 0.717) is 28.7 Å². The molecule has 0 atom stereocenters. The Balaban J connectivity index is 1.50. The Morgan fingerprint density at radius 2 is 1.82 bits per heavy atom. The van der Waals surface area contributed by atoms with Gasteiger partial charge in [-0.3, -0.25) is 9.59 Å². The molecule has 0 saturated heterocycles. The van der Waals surface area contributed by atoms with E-state index in [1.165, 1.54) is 11.0 Å². The highest BCUT2D eigenvalue weighted by molar-refractivity contribution is 6.32. The van der Waals surface area contributed by atoms with E-state index >= 15 is 0 Å². The van der Waals surface area contributed by atoms with E-state index in [0.717, 1.165) is 16.7 Å². The zero-order valence-corrected chi connectivity index (χ0v) is 19.2. The summed E-state index contributed by atoms with van der Waals surface area (Å²) in [6.45, 7) is 0.589. The Morgan fingerprint density at radius 1 is 1.09 bits per heavy atom. The number of nitrogens with one attached hydrogen (secondary N) is 1. The van der Waals surface area contributed by atoms with Crippen molar-refractivity contribution in [1.82, 2.24) is 15.2 Å². The number of halogens is 1. The topological polar surface area (TPSA) is 97.5 Å². The highest BCUT2D eigenvalue weighted by atomic mass is 35.5. The molecular formula is C25H25ClN4O3. The van der Waals surface area contributed by atoms with Gasteiger partial charge in [0.2, 0.25) is 5.91 Å². The molecule has 0 fully saturated rings. The quantitative estimate of drug-likeness (QED) is 0.389. The summed E-state index contributed by atoms with van der Waals surface area (Å²) in [6.07, 6.45) is 4.67. The van der Waals surface area contributed by atoms with Crippen LogP contribution in [-0.2, 0) is 4.79 Å². The zero-order valence-electron chi connectivity index (χ0n) is 18.4. The summed E-state index contributed by atoms with van der Waals surface area (Å²) >= 11 is 6.37. The lowest BCUT2D eigenvalue weighted by Crippen LogP contribution is -2.26. The molecule has 0 aliphatic rings. The second-order valence-corrected chi connectivity index (χ2v) is 7.82. The first kappa shape index (κ1) is 23.8. The minimum atomic E-state index is -0.243. The molecule has 0 saturated carbocycles. The molecule has 0 bridgehead atoms. The third-order valence-corrected chi connectivity index (χ3v) is 4.99. The Kier molecular flexibility index (Phi) is 8.05. The standard InChI is InChI=1S/C25H25ClN4O3/c1-30(2)25(32)19-7-5-18(6-8-19)20-9-10-22(21(26)15-20)33-14-13-28-24(31)12-4-17-3-11-23(27)29-16-17/h3-12,15-16H,13-14H2,1-2H3,(H2,27,29)(H,28,31). The number of rotatable bonds is 8. The van der Waals surface area contributed by atoms with Crippen LogP contribution in [0.3, 0.4) is 0 Å². The molecule has 7 nitrogen and oxygen atoms in total. The van der Waals surface area contributed by atoms with Crippen LogP contribution in [0.5, 0.6) is 5.75 Å². The maximum atomic E-state index is 12.0. The van der Waals surface area contributed by atoms with E-state index in [1.54, 1.807) is 56.7 Å². The third-order valence-electron chi connectivity index (χ3n) is 4.70. The molecule has 0 aliphatic heterocycles. The van der Waals surface area contributed by atoms with Crippen molar-refractivity contribution in [3.05, 3.63) is 83.0 Å². The Bertz CT molecular complexity index is 1140. The first-order chi connectivity index (χ1) is 15.8. The fourth-order valence-corrected chi connectivity index (χ4v) is 3.18. The number of ether oxygens (including phenoxy) is 1. The summed E-state index contributed by atoms with van der Waals surface area (Å²) in [7, 11) is 3.44. The van der Waals surface area contributed by atoms with Gasteiger partial charge >= 0.3 is 0 Å². The highest BCUT2D eigenvalue weighted by Gasteiger charge is 2.09. The number of amides is 2. The SMILES string of the molecule is CN(C)C(=O)c1ccc(-c2ccc(OCCNC(=O)C=Cc3ccc(N)nc3)c(Cl)c2)cc1. The van der Waals surface area contributed by atoms with E-state index in [4.69, 9.17) is 22.1 Å². The number of carbonyl (C=O) groups is 2. The van der Waals surface area contributed by atoms with Crippen molar-refractivity contribution in [1.29, 1.82) is 0 Å². The van der Waals surface area contributed by atoms with Gasteiger partial charge in [-0.05, 0) is 59.2 Å². The van der Waals surface area contributed by atoms with Crippen LogP contribution < -0.4 is 15.8 Å². The predicted octanol–water partition coefficient (Wildman–Crippen LogP) is 3.89. The van der Waals surface area contributed by atoms with Crippen molar-refractivity contribution >= 4 is 35.3 Å². The molecule has 2 amide bonds. The predicted molar refractivity (Wildman–Crippen MR) is 131 cm³/mol. The number of nitrogens with two attached hydrogens (primary N) is 1. The van der Waals surface area contributed by atoms with Gasteiger partial charge in [0, 0.05) is 31.9 Å². The zero-order chi connectivity index (χ0) is 23.8. The van der Waals surface area contributed by atoms with Crippen LogP contribution in [0.2, 0.25) is 5.02 Å². The first-order valence-corrected chi connectivity index (χ1v) is 10.6. The van der Waals surface area contributed by atoms with Crippen molar-refractivity contribution in [3.8, 4) is 16.9 Å². The monoisotopic (exact) mass is 464 g/mol. The average molecular weight is 465 g/mol. The number of pyridine rings is 1. The van der Waals surface area contributed by atoms with Gasteiger partial charge in [0.05, 0.1) is 11.6 Å². The molecule has 33 heavy (non-hydrogen) atoms. The van der Waals surface area contributed by atoms with Crippen LogP contribution in [-0.4, -0.2) is 48.9 Å². The van der Waals surface area contributed by atoms with Crippen molar-refractivity contribution < 1.29 is 14.3 Å². The van der Waals surface area contributed by atoms with Crippen molar-refractivity contribution in [2.24, 2.45) is 0 Å². The molecule has 3 rings (SSSR count). The van der Waals surface area contributed by atoms with Gasteiger partial charge in [0.25, 0.3) is 5.91 Å². The largest absolute Gasteiger partial charge is 0.490 e. The molecule has 1 aromatic heterocycles. The van der Waals surface area contributed by atoms with Gasteiger partial charge in [-0.25, -0.2) is 4.98 Å². The summed E-state index contributed by atoms with van der Waals surface area (Å²) in [5, 5.41) is 3.20. The van der Waals surface area contributed by atoms with Crippen molar-refractivity contribution in [2.45, 2.75) is 0 Å². The van der Waals surface area contributed by atoms with Gasteiger partial charge in [-0.2, -0.15) is 0 Å². The van der Waals surface area contributed by atoms with E-state index in [2.05, 4.69) is 10.3 Å². The number of anilines is 1. The van der Waals surface area contributed by atoms with Gasteiger partial charge in [-0.15, -0.1) is 0 Å². The lowest BCUT2D eigenvalue weighted by molar-refractivity contribution is -0.116. The molecule has 0 radical (unpaired) electrons. The first-order valence-electron chi connectivity index (χ1n) is 10.3. The number of benzene rings is 2. The summed E-state index contributed by atoms with van der Waals surface area (Å²) in [5.74, 6) is 0.661. The maximum absolute atomic E-state index is 12.0. The van der Waals surface area contributed by atoms with Crippen LogP contribution in [0.25, 0.3) is 17.2 Å². The number of hydrogen-bond donors (Lipinski definition) is 2. The summed E-state index contributed by atoms with van der Waals surface area (Å²) in [5.41, 5.74) is 8.78. The smallest absolute Gasteiger partial charge is 0.253 e. The van der Waals surface area contributed by atoms with E-state index in [-0.39, 0.29) is 18.4 Å². The van der Waals surface area contributed by atoms with Crippen LogP contribution in [0.4, 0.5) is 5.82 Å². The molecule has 3 aromatic rings.